The number of aryl methyl sites for hydroxylation is 1. The van der Waals surface area contributed by atoms with Crippen molar-refractivity contribution < 1.29 is 31.8 Å². The fourth-order valence-corrected chi connectivity index (χ4v) is 3.99. The van der Waals surface area contributed by atoms with E-state index in [1.165, 1.54) is 18.2 Å². The maximum Gasteiger partial charge on any atom is 0.586 e. The van der Waals surface area contributed by atoms with Crippen LogP contribution < -0.4 is 14.8 Å². The van der Waals surface area contributed by atoms with Crippen LogP contribution in [0.3, 0.4) is 0 Å². The summed E-state index contributed by atoms with van der Waals surface area (Å²) in [6.07, 6.45) is -2.08. The van der Waals surface area contributed by atoms with E-state index in [4.69, 9.17) is 0 Å². The number of alkyl halides is 3. The number of thiophene rings is 1. The number of halogens is 4. The largest absolute Gasteiger partial charge is 0.586 e. The molecule has 2 aromatic rings. The molecule has 2 aliphatic rings. The molecule has 0 bridgehead atoms. The van der Waals surface area contributed by atoms with Crippen molar-refractivity contribution in [2.24, 2.45) is 5.92 Å². The Morgan fingerprint density at radius 3 is 2.64 bits per heavy atom. The Kier molecular flexibility index (Phi) is 4.41. The number of anilines is 1. The number of ether oxygens (including phenoxy) is 2. The van der Waals surface area contributed by atoms with Crippen LogP contribution in [0.15, 0.2) is 48.3 Å². The average molecular weight is 411 g/mol. The van der Waals surface area contributed by atoms with Crippen LogP contribution >= 0.6 is 11.3 Å². The molecule has 1 N–H and O–H groups in total. The Bertz CT molecular complexity index is 1010. The van der Waals surface area contributed by atoms with E-state index in [0.717, 1.165) is 23.5 Å². The molecule has 1 aromatic carbocycles. The quantitative estimate of drug-likeness (QED) is 0.692. The SMILES string of the molecule is Cc1cc2c(cc1-c1ccc(NC(=O)C3C(F)=CC=CC3F)s1)OC(F)(F)O2. The van der Waals surface area contributed by atoms with Crippen molar-refractivity contribution >= 4 is 22.2 Å². The average Bonchev–Trinajstić information content (AvgIpc) is 3.16. The fraction of sp³-hybridized carbons (Fsp3) is 0.211. The van der Waals surface area contributed by atoms with Gasteiger partial charge < -0.3 is 14.8 Å². The summed E-state index contributed by atoms with van der Waals surface area (Å²) >= 11 is 1.14. The van der Waals surface area contributed by atoms with Gasteiger partial charge >= 0.3 is 6.29 Å². The molecule has 4 rings (SSSR count). The van der Waals surface area contributed by atoms with Gasteiger partial charge in [0.2, 0.25) is 5.91 Å². The number of hydrogen-bond acceptors (Lipinski definition) is 4. The third-order valence-electron chi connectivity index (χ3n) is 4.31. The Balaban J connectivity index is 1.55. The van der Waals surface area contributed by atoms with Gasteiger partial charge in [0.1, 0.15) is 17.9 Å². The molecule has 2 atom stereocenters. The van der Waals surface area contributed by atoms with Crippen molar-refractivity contribution in [1.82, 2.24) is 0 Å². The lowest BCUT2D eigenvalue weighted by molar-refractivity contribution is -0.286. The number of fused-ring (bicyclic) bond motifs is 1. The topological polar surface area (TPSA) is 47.6 Å². The van der Waals surface area contributed by atoms with Gasteiger partial charge in [0.25, 0.3) is 0 Å². The Morgan fingerprint density at radius 1 is 1.21 bits per heavy atom. The monoisotopic (exact) mass is 411 g/mol. The summed E-state index contributed by atoms with van der Waals surface area (Å²) in [4.78, 5) is 12.9. The van der Waals surface area contributed by atoms with E-state index in [-0.39, 0.29) is 11.5 Å². The zero-order valence-electron chi connectivity index (χ0n) is 14.3. The van der Waals surface area contributed by atoms with Crippen LogP contribution in [0.1, 0.15) is 5.56 Å². The van der Waals surface area contributed by atoms with E-state index in [1.54, 1.807) is 19.1 Å². The van der Waals surface area contributed by atoms with Crippen molar-refractivity contribution in [3.05, 3.63) is 53.9 Å². The molecule has 0 spiro atoms. The molecule has 2 unspecified atom stereocenters. The minimum absolute atomic E-state index is 0.0575. The molecule has 1 aliphatic heterocycles. The highest BCUT2D eigenvalue weighted by molar-refractivity contribution is 7.19. The lowest BCUT2D eigenvalue weighted by Gasteiger charge is -2.18. The summed E-state index contributed by atoms with van der Waals surface area (Å²) in [6.45, 7) is 1.72. The van der Waals surface area contributed by atoms with Crippen LogP contribution in [0.25, 0.3) is 10.4 Å². The number of rotatable bonds is 3. The lowest BCUT2D eigenvalue weighted by atomic mass is 9.96. The molecule has 1 aromatic heterocycles. The standard InChI is InChI=1S/C19H13F4NO3S/c1-9-7-13-14(27-19(22,23)26-13)8-10(9)15-5-6-16(28-15)24-18(25)17-11(20)3-2-4-12(17)21/h2-8,11,17H,1H3,(H,24,25). The van der Waals surface area contributed by atoms with E-state index >= 15 is 0 Å². The Labute approximate surface area is 161 Å². The lowest BCUT2D eigenvalue weighted by Crippen LogP contribution is -2.31. The maximum atomic E-state index is 13.9. The van der Waals surface area contributed by atoms with Gasteiger partial charge in [-0.1, -0.05) is 6.08 Å². The van der Waals surface area contributed by atoms with Crippen molar-refractivity contribution in [3.63, 3.8) is 0 Å². The molecule has 28 heavy (non-hydrogen) atoms. The van der Waals surface area contributed by atoms with E-state index in [1.807, 2.05) is 0 Å². The van der Waals surface area contributed by atoms with E-state index in [0.29, 0.717) is 21.0 Å². The number of carbonyl (C=O) groups excluding carboxylic acids is 1. The first-order valence-electron chi connectivity index (χ1n) is 8.23. The molecule has 146 valence electrons. The van der Waals surface area contributed by atoms with Crippen molar-refractivity contribution in [1.29, 1.82) is 0 Å². The van der Waals surface area contributed by atoms with Crippen LogP contribution in [0.2, 0.25) is 0 Å². The van der Waals surface area contributed by atoms with Crippen molar-refractivity contribution in [3.8, 4) is 21.9 Å². The summed E-state index contributed by atoms with van der Waals surface area (Å²) < 4.78 is 63.0. The highest BCUT2D eigenvalue weighted by Gasteiger charge is 2.43. The molecule has 1 amide bonds. The highest BCUT2D eigenvalue weighted by atomic mass is 32.1. The van der Waals surface area contributed by atoms with Gasteiger partial charge in [0, 0.05) is 4.88 Å². The molecular formula is C19H13F4NO3S. The molecule has 0 saturated carbocycles. The zero-order valence-corrected chi connectivity index (χ0v) is 15.2. The third-order valence-corrected chi connectivity index (χ3v) is 5.35. The molecule has 4 nitrogen and oxygen atoms in total. The summed E-state index contributed by atoms with van der Waals surface area (Å²) in [5, 5.41) is 2.87. The minimum Gasteiger partial charge on any atom is -0.395 e. The van der Waals surface area contributed by atoms with Crippen LogP contribution in [-0.4, -0.2) is 18.4 Å². The van der Waals surface area contributed by atoms with Gasteiger partial charge in [-0.15, -0.1) is 20.1 Å². The summed E-state index contributed by atoms with van der Waals surface area (Å²) in [7, 11) is 0. The number of carbonyl (C=O) groups is 1. The second-order valence-electron chi connectivity index (χ2n) is 6.29. The first kappa shape index (κ1) is 18.5. The molecule has 2 heterocycles. The Morgan fingerprint density at radius 2 is 1.93 bits per heavy atom. The van der Waals surface area contributed by atoms with Gasteiger partial charge in [-0.25, -0.2) is 8.78 Å². The minimum atomic E-state index is -3.71. The third kappa shape index (κ3) is 3.37. The maximum absolute atomic E-state index is 13.9. The fourth-order valence-electron chi connectivity index (χ4n) is 3.00. The Hall–Kier alpha value is -2.81. The summed E-state index contributed by atoms with van der Waals surface area (Å²) in [5.41, 5.74) is 1.27. The second-order valence-corrected chi connectivity index (χ2v) is 7.38. The molecule has 0 saturated heterocycles. The zero-order chi connectivity index (χ0) is 20.1. The van der Waals surface area contributed by atoms with Crippen LogP contribution in [0.4, 0.5) is 22.6 Å². The smallest absolute Gasteiger partial charge is 0.395 e. The number of allylic oxidation sites excluding steroid dienone is 3. The van der Waals surface area contributed by atoms with E-state index in [2.05, 4.69) is 14.8 Å². The van der Waals surface area contributed by atoms with Crippen LogP contribution in [0, 0.1) is 12.8 Å². The van der Waals surface area contributed by atoms with E-state index < -0.39 is 30.1 Å². The van der Waals surface area contributed by atoms with Crippen LogP contribution in [0.5, 0.6) is 11.5 Å². The predicted molar refractivity (Wildman–Crippen MR) is 96.0 cm³/mol. The normalized spacial score (nSPS) is 22.1. The number of hydrogen-bond donors (Lipinski definition) is 1. The molecule has 1 aliphatic carbocycles. The van der Waals surface area contributed by atoms with Gasteiger partial charge in [-0.05, 0) is 54.5 Å². The second kappa shape index (κ2) is 6.66. The van der Waals surface area contributed by atoms with Crippen molar-refractivity contribution in [2.75, 3.05) is 5.32 Å². The van der Waals surface area contributed by atoms with Gasteiger partial charge in [-0.3, -0.25) is 4.79 Å². The molecular weight excluding hydrogens is 398 g/mol. The summed E-state index contributed by atoms with van der Waals surface area (Å²) in [6, 6.07) is 6.10. The van der Waals surface area contributed by atoms with Gasteiger partial charge in [0.05, 0.1) is 5.00 Å². The molecule has 0 fully saturated rings. The molecule has 0 radical (unpaired) electrons. The summed E-state index contributed by atoms with van der Waals surface area (Å²) in [5.74, 6) is -3.34. The number of amides is 1. The van der Waals surface area contributed by atoms with Crippen molar-refractivity contribution in [2.45, 2.75) is 19.4 Å². The predicted octanol–water partition coefficient (Wildman–Crippen LogP) is 5.36. The van der Waals surface area contributed by atoms with E-state index in [9.17, 15) is 22.4 Å². The highest BCUT2D eigenvalue weighted by Crippen LogP contribution is 2.45. The number of nitrogens with one attached hydrogen (secondary N) is 1. The first-order chi connectivity index (χ1) is 13.2. The van der Waals surface area contributed by atoms with Gasteiger partial charge in [-0.2, -0.15) is 0 Å². The van der Waals surface area contributed by atoms with Gasteiger partial charge in [0.15, 0.2) is 11.5 Å². The first-order valence-corrected chi connectivity index (χ1v) is 9.05. The number of benzene rings is 1. The molecule has 9 heteroatoms. The van der Waals surface area contributed by atoms with Crippen LogP contribution in [-0.2, 0) is 4.79 Å².